The SMILES string of the molecule is CC(C)(C)OC(=O)N[C@@H]1[C@@H]2CC3C[C@H]1C[C@@](CNc1nc(NC4CCN(c5ccc(C#N)cn5)CC4)ncc1C#N)(C3)C2. The molecule has 5 aliphatic rings. The van der Waals surface area contributed by atoms with Crippen LogP contribution in [0.1, 0.15) is 76.8 Å². The molecule has 0 spiro atoms. The maximum atomic E-state index is 12.6. The molecule has 4 bridgehead atoms. The first-order valence-corrected chi connectivity index (χ1v) is 15.5. The van der Waals surface area contributed by atoms with Crippen molar-refractivity contribution in [3.63, 3.8) is 0 Å². The monoisotopic (exact) mass is 583 g/mol. The predicted octanol–water partition coefficient (Wildman–Crippen LogP) is 4.83. The van der Waals surface area contributed by atoms with Crippen molar-refractivity contribution in [1.82, 2.24) is 20.3 Å². The van der Waals surface area contributed by atoms with Crippen LogP contribution in [0.2, 0.25) is 0 Å². The summed E-state index contributed by atoms with van der Waals surface area (Å²) >= 11 is 0. The van der Waals surface area contributed by atoms with Crippen LogP contribution in [0.5, 0.6) is 0 Å². The number of rotatable bonds is 7. The lowest BCUT2D eigenvalue weighted by molar-refractivity contribution is -0.0703. The minimum Gasteiger partial charge on any atom is -0.444 e. The molecule has 3 heterocycles. The van der Waals surface area contributed by atoms with Gasteiger partial charge in [-0.25, -0.2) is 14.8 Å². The average Bonchev–Trinajstić information content (AvgIpc) is 2.97. The third-order valence-electron chi connectivity index (χ3n) is 9.65. The second-order valence-electron chi connectivity index (χ2n) is 14.0. The smallest absolute Gasteiger partial charge is 0.407 e. The third-order valence-corrected chi connectivity index (χ3v) is 9.65. The normalized spacial score (nSPS) is 28.1. The van der Waals surface area contributed by atoms with Crippen molar-refractivity contribution in [3.8, 4) is 12.1 Å². The van der Waals surface area contributed by atoms with Gasteiger partial charge in [0, 0.05) is 37.9 Å². The number of carbonyl (C=O) groups excluding carboxylic acids is 1. The standard InChI is InChI=1S/C32H41N9O2/c1-31(2,3)43-30(42)39-27-22-10-21-11-23(27)14-32(12-21,13-22)19-37-28-24(16-34)18-36-29(40-28)38-25-6-8-41(9-7-25)26-5-4-20(15-33)17-35-26/h4-5,17-18,21-23,25,27H,6-14,19H2,1-3H3,(H,39,42)(H2,36,37,38,40)/t21?,22-,23+,27-,32-. The van der Waals surface area contributed by atoms with Crippen LogP contribution in [-0.4, -0.2) is 58.4 Å². The number of amides is 1. The fraction of sp³-hybridized carbons (Fsp3) is 0.625. The van der Waals surface area contributed by atoms with E-state index in [0.717, 1.165) is 64.0 Å². The van der Waals surface area contributed by atoms with Crippen LogP contribution in [0.15, 0.2) is 24.5 Å². The molecule has 226 valence electrons. The van der Waals surface area contributed by atoms with Gasteiger partial charge >= 0.3 is 6.09 Å². The number of alkyl carbamates (subject to hydrolysis) is 1. The molecule has 1 unspecified atom stereocenters. The molecule has 11 heteroatoms. The van der Waals surface area contributed by atoms with Crippen molar-refractivity contribution in [2.45, 2.75) is 83.4 Å². The first-order chi connectivity index (χ1) is 20.6. The Hall–Kier alpha value is -4.12. The number of carbonyl (C=O) groups is 1. The minimum absolute atomic E-state index is 0.139. The summed E-state index contributed by atoms with van der Waals surface area (Å²) in [6, 6.07) is 8.45. The topological polar surface area (TPSA) is 152 Å². The van der Waals surface area contributed by atoms with Gasteiger partial charge in [-0.1, -0.05) is 0 Å². The first kappa shape index (κ1) is 29.0. The summed E-state index contributed by atoms with van der Waals surface area (Å²) in [7, 11) is 0. The molecular formula is C32H41N9O2. The summed E-state index contributed by atoms with van der Waals surface area (Å²) in [5, 5.41) is 29.1. The highest BCUT2D eigenvalue weighted by Crippen LogP contribution is 2.60. The molecule has 0 aromatic carbocycles. The number of piperidine rings is 1. The Bertz CT molecular complexity index is 1400. The van der Waals surface area contributed by atoms with Crippen LogP contribution in [0, 0.1) is 45.8 Å². The van der Waals surface area contributed by atoms with Gasteiger partial charge in [-0.05, 0) is 101 Å². The Balaban J connectivity index is 1.06. The first-order valence-electron chi connectivity index (χ1n) is 15.5. The van der Waals surface area contributed by atoms with Gasteiger partial charge in [0.1, 0.15) is 34.9 Å². The van der Waals surface area contributed by atoms with Crippen molar-refractivity contribution in [2.24, 2.45) is 23.2 Å². The number of pyridine rings is 1. The number of nitrogens with one attached hydrogen (secondary N) is 3. The zero-order valence-corrected chi connectivity index (χ0v) is 25.3. The van der Waals surface area contributed by atoms with Crippen molar-refractivity contribution < 1.29 is 9.53 Å². The summed E-state index contributed by atoms with van der Waals surface area (Å²) < 4.78 is 5.57. The van der Waals surface area contributed by atoms with E-state index in [1.165, 1.54) is 6.42 Å². The van der Waals surface area contributed by atoms with Crippen LogP contribution in [0.3, 0.4) is 0 Å². The molecule has 5 atom stereocenters. The van der Waals surface area contributed by atoms with Crippen LogP contribution >= 0.6 is 0 Å². The summed E-state index contributed by atoms with van der Waals surface area (Å²) in [6.07, 6.45) is 10.3. The quantitative estimate of drug-likeness (QED) is 0.413. The van der Waals surface area contributed by atoms with Gasteiger partial charge in [0.05, 0.1) is 11.8 Å². The van der Waals surface area contributed by atoms with E-state index in [9.17, 15) is 10.1 Å². The molecule has 7 rings (SSSR count). The average molecular weight is 584 g/mol. The zero-order chi connectivity index (χ0) is 30.2. The highest BCUT2D eigenvalue weighted by atomic mass is 16.6. The number of hydrogen-bond acceptors (Lipinski definition) is 10. The minimum atomic E-state index is -0.508. The molecule has 3 N–H and O–H groups in total. The van der Waals surface area contributed by atoms with E-state index in [1.54, 1.807) is 18.5 Å². The van der Waals surface area contributed by atoms with Crippen molar-refractivity contribution in [1.29, 1.82) is 10.5 Å². The lowest BCUT2D eigenvalue weighted by Gasteiger charge is -2.60. The van der Waals surface area contributed by atoms with E-state index in [4.69, 9.17) is 15.0 Å². The van der Waals surface area contributed by atoms with E-state index in [-0.39, 0.29) is 23.6 Å². The Morgan fingerprint density at radius 2 is 1.81 bits per heavy atom. The van der Waals surface area contributed by atoms with Gasteiger partial charge < -0.3 is 25.6 Å². The van der Waals surface area contributed by atoms with Gasteiger partial charge in [-0.2, -0.15) is 15.5 Å². The lowest BCUT2D eigenvalue weighted by Crippen LogP contribution is -2.60. The van der Waals surface area contributed by atoms with Gasteiger partial charge in [0.2, 0.25) is 5.95 Å². The fourth-order valence-electron chi connectivity index (χ4n) is 8.10. The largest absolute Gasteiger partial charge is 0.444 e. The Morgan fingerprint density at radius 3 is 2.44 bits per heavy atom. The van der Waals surface area contributed by atoms with Crippen LogP contribution in [0.4, 0.5) is 22.4 Å². The van der Waals surface area contributed by atoms with Crippen molar-refractivity contribution >= 4 is 23.7 Å². The van der Waals surface area contributed by atoms with Crippen LogP contribution in [-0.2, 0) is 4.74 Å². The number of hydrogen-bond donors (Lipinski definition) is 3. The summed E-state index contributed by atoms with van der Waals surface area (Å²) in [4.78, 5) is 28.4. The number of nitriles is 2. The van der Waals surface area contributed by atoms with Crippen molar-refractivity contribution in [2.75, 3.05) is 35.2 Å². The molecule has 1 amide bonds. The summed E-state index contributed by atoms with van der Waals surface area (Å²) in [5.41, 5.74) is 0.637. The maximum absolute atomic E-state index is 12.6. The Morgan fingerprint density at radius 1 is 1.07 bits per heavy atom. The van der Waals surface area contributed by atoms with E-state index >= 15 is 0 Å². The van der Waals surface area contributed by atoms with E-state index in [0.29, 0.717) is 40.6 Å². The highest BCUT2D eigenvalue weighted by molar-refractivity contribution is 5.68. The third kappa shape index (κ3) is 6.46. The highest BCUT2D eigenvalue weighted by Gasteiger charge is 2.55. The molecule has 4 saturated carbocycles. The summed E-state index contributed by atoms with van der Waals surface area (Å²) in [6.45, 7) is 8.13. The van der Waals surface area contributed by atoms with Crippen molar-refractivity contribution in [3.05, 3.63) is 35.7 Å². The van der Waals surface area contributed by atoms with Gasteiger partial charge in [-0.15, -0.1) is 0 Å². The fourth-order valence-corrected chi connectivity index (χ4v) is 8.10. The lowest BCUT2D eigenvalue weighted by atomic mass is 9.48. The molecular weight excluding hydrogens is 542 g/mol. The molecule has 1 saturated heterocycles. The van der Waals surface area contributed by atoms with E-state index in [2.05, 4.69) is 43.0 Å². The maximum Gasteiger partial charge on any atom is 0.407 e. The molecule has 2 aromatic heterocycles. The molecule has 0 radical (unpaired) electrons. The van der Waals surface area contributed by atoms with Crippen LogP contribution in [0.25, 0.3) is 0 Å². The second kappa shape index (κ2) is 11.5. The number of aromatic nitrogens is 3. The zero-order valence-electron chi connectivity index (χ0n) is 25.3. The number of anilines is 3. The van der Waals surface area contributed by atoms with Crippen LogP contribution < -0.4 is 20.9 Å². The number of ether oxygens (including phenoxy) is 1. The van der Waals surface area contributed by atoms with Gasteiger partial charge in [0.15, 0.2) is 0 Å². The van der Waals surface area contributed by atoms with E-state index in [1.807, 2.05) is 26.8 Å². The van der Waals surface area contributed by atoms with Gasteiger partial charge in [-0.3, -0.25) is 0 Å². The molecule has 11 nitrogen and oxygen atoms in total. The number of nitrogens with zero attached hydrogens (tertiary/aromatic N) is 6. The predicted molar refractivity (Wildman–Crippen MR) is 162 cm³/mol. The summed E-state index contributed by atoms with van der Waals surface area (Å²) in [5.74, 6) is 3.57. The molecule has 2 aromatic rings. The molecule has 1 aliphatic heterocycles. The molecule has 4 aliphatic carbocycles. The Labute approximate surface area is 253 Å². The van der Waals surface area contributed by atoms with Gasteiger partial charge in [0.25, 0.3) is 0 Å². The Kier molecular flexibility index (Phi) is 7.76. The molecule has 43 heavy (non-hydrogen) atoms. The second-order valence-corrected chi connectivity index (χ2v) is 14.0. The van der Waals surface area contributed by atoms with E-state index < -0.39 is 5.60 Å². The molecule has 5 fully saturated rings.